The van der Waals surface area contributed by atoms with Crippen molar-refractivity contribution in [3.05, 3.63) is 68.9 Å². The fourth-order valence-corrected chi connectivity index (χ4v) is 4.86. The lowest BCUT2D eigenvalue weighted by molar-refractivity contribution is 0.0988. The normalized spacial score (nSPS) is 11.1. The van der Waals surface area contributed by atoms with Gasteiger partial charge < -0.3 is 0 Å². The summed E-state index contributed by atoms with van der Waals surface area (Å²) in [6.45, 7) is 4.15. The first kappa shape index (κ1) is 18.0. The van der Waals surface area contributed by atoms with Gasteiger partial charge >= 0.3 is 0 Å². The number of benzene rings is 1. The van der Waals surface area contributed by atoms with Gasteiger partial charge in [0.1, 0.15) is 4.88 Å². The molecular formula is C19H15ClN4OS2. The van der Waals surface area contributed by atoms with E-state index in [0.717, 1.165) is 26.5 Å². The molecule has 0 N–H and O–H groups in total. The van der Waals surface area contributed by atoms with Gasteiger partial charge in [0.25, 0.3) is 5.91 Å². The van der Waals surface area contributed by atoms with Crippen molar-refractivity contribution in [1.29, 1.82) is 0 Å². The zero-order valence-corrected chi connectivity index (χ0v) is 17.0. The van der Waals surface area contributed by atoms with E-state index in [1.807, 2.05) is 38.1 Å². The fraction of sp³-hybridized carbons (Fsp3) is 0.158. The fourth-order valence-electron chi connectivity index (χ4n) is 2.75. The van der Waals surface area contributed by atoms with E-state index in [-0.39, 0.29) is 5.91 Å². The molecule has 27 heavy (non-hydrogen) atoms. The van der Waals surface area contributed by atoms with Crippen molar-refractivity contribution in [2.24, 2.45) is 0 Å². The van der Waals surface area contributed by atoms with Crippen LogP contribution in [-0.2, 0) is 6.54 Å². The van der Waals surface area contributed by atoms with Gasteiger partial charge in [0.05, 0.1) is 27.5 Å². The second kappa shape index (κ2) is 7.34. The number of halogens is 1. The van der Waals surface area contributed by atoms with Crippen LogP contribution in [0.15, 0.2) is 42.7 Å². The predicted molar refractivity (Wildman–Crippen MR) is 111 cm³/mol. The third-order valence-corrected chi connectivity index (χ3v) is 6.31. The SMILES string of the molecule is Cc1nc(C)c(C(=O)N(Cc2cccnc2)c2nc3ccc(Cl)cc3s2)s1. The van der Waals surface area contributed by atoms with Crippen LogP contribution in [0.1, 0.15) is 25.9 Å². The van der Waals surface area contributed by atoms with Gasteiger partial charge in [0.15, 0.2) is 5.13 Å². The van der Waals surface area contributed by atoms with Crippen molar-refractivity contribution in [2.45, 2.75) is 20.4 Å². The molecule has 4 rings (SSSR count). The molecule has 0 fully saturated rings. The molecule has 0 bridgehead atoms. The van der Waals surface area contributed by atoms with Crippen molar-refractivity contribution in [3.63, 3.8) is 0 Å². The van der Waals surface area contributed by atoms with E-state index in [1.54, 1.807) is 23.4 Å². The molecule has 3 heterocycles. The molecule has 0 aliphatic carbocycles. The van der Waals surface area contributed by atoms with Gasteiger partial charge in [-0.2, -0.15) is 0 Å². The van der Waals surface area contributed by atoms with Crippen LogP contribution in [0.2, 0.25) is 5.02 Å². The van der Waals surface area contributed by atoms with Crippen molar-refractivity contribution < 1.29 is 4.79 Å². The van der Waals surface area contributed by atoms with Gasteiger partial charge in [-0.05, 0) is 43.7 Å². The second-order valence-electron chi connectivity index (χ2n) is 6.01. The van der Waals surface area contributed by atoms with E-state index in [4.69, 9.17) is 11.6 Å². The van der Waals surface area contributed by atoms with Gasteiger partial charge in [-0.1, -0.05) is 29.0 Å². The summed E-state index contributed by atoms with van der Waals surface area (Å²) in [5, 5.41) is 2.15. The number of pyridine rings is 1. The molecule has 8 heteroatoms. The summed E-state index contributed by atoms with van der Waals surface area (Å²) in [4.78, 5) is 28.9. The van der Waals surface area contributed by atoms with Crippen LogP contribution in [0.5, 0.6) is 0 Å². The Labute approximate surface area is 169 Å². The molecule has 1 amide bonds. The lowest BCUT2D eigenvalue weighted by Crippen LogP contribution is -2.30. The molecule has 1 aromatic carbocycles. The molecule has 3 aromatic heterocycles. The first-order valence-electron chi connectivity index (χ1n) is 8.22. The Morgan fingerprint density at radius 1 is 1.19 bits per heavy atom. The lowest BCUT2D eigenvalue weighted by atomic mass is 10.2. The molecule has 5 nitrogen and oxygen atoms in total. The van der Waals surface area contributed by atoms with Crippen molar-refractivity contribution in [1.82, 2.24) is 15.0 Å². The zero-order valence-electron chi connectivity index (χ0n) is 14.6. The summed E-state index contributed by atoms with van der Waals surface area (Å²) >= 11 is 8.95. The van der Waals surface area contributed by atoms with Crippen molar-refractivity contribution >= 4 is 55.5 Å². The molecule has 0 atom stereocenters. The van der Waals surface area contributed by atoms with Crippen LogP contribution < -0.4 is 4.90 Å². The Morgan fingerprint density at radius 2 is 2.04 bits per heavy atom. The third kappa shape index (κ3) is 3.71. The summed E-state index contributed by atoms with van der Waals surface area (Å²) in [6.07, 6.45) is 3.47. The van der Waals surface area contributed by atoms with E-state index < -0.39 is 0 Å². The number of rotatable bonds is 4. The highest BCUT2D eigenvalue weighted by Gasteiger charge is 2.25. The molecule has 0 spiro atoms. The van der Waals surface area contributed by atoms with Crippen LogP contribution in [0.25, 0.3) is 10.2 Å². The number of carbonyl (C=O) groups is 1. The van der Waals surface area contributed by atoms with Gasteiger partial charge in [-0.3, -0.25) is 14.7 Å². The van der Waals surface area contributed by atoms with E-state index >= 15 is 0 Å². The monoisotopic (exact) mass is 414 g/mol. The standard InChI is InChI=1S/C19H15ClN4OS2/c1-11-17(26-12(2)22-11)18(25)24(10-13-4-3-7-21-9-13)19-23-15-6-5-14(20)8-16(15)27-19/h3-9H,10H2,1-2H3. The topological polar surface area (TPSA) is 59.0 Å². The Kier molecular flexibility index (Phi) is 4.90. The smallest absolute Gasteiger partial charge is 0.272 e. The Bertz CT molecular complexity index is 1120. The van der Waals surface area contributed by atoms with E-state index in [9.17, 15) is 4.79 Å². The molecule has 0 saturated heterocycles. The number of amides is 1. The largest absolute Gasteiger partial charge is 0.279 e. The molecular weight excluding hydrogens is 400 g/mol. The highest BCUT2D eigenvalue weighted by molar-refractivity contribution is 7.22. The number of fused-ring (bicyclic) bond motifs is 1. The van der Waals surface area contributed by atoms with Gasteiger partial charge in [-0.15, -0.1) is 11.3 Å². The van der Waals surface area contributed by atoms with Gasteiger partial charge in [-0.25, -0.2) is 9.97 Å². The highest BCUT2D eigenvalue weighted by Crippen LogP contribution is 2.33. The number of anilines is 1. The quantitative estimate of drug-likeness (QED) is 0.456. The summed E-state index contributed by atoms with van der Waals surface area (Å²) < 4.78 is 0.943. The number of carbonyl (C=O) groups excluding carboxylic acids is 1. The van der Waals surface area contributed by atoms with Crippen LogP contribution in [-0.4, -0.2) is 20.9 Å². The summed E-state index contributed by atoms with van der Waals surface area (Å²) in [5.41, 5.74) is 2.49. The number of hydrogen-bond acceptors (Lipinski definition) is 6. The Hall–Kier alpha value is -2.35. The van der Waals surface area contributed by atoms with Crippen LogP contribution in [0.4, 0.5) is 5.13 Å². The summed E-state index contributed by atoms with van der Waals surface area (Å²) in [5.74, 6) is -0.105. The first-order chi connectivity index (χ1) is 13.0. The maximum Gasteiger partial charge on any atom is 0.272 e. The third-order valence-electron chi connectivity index (χ3n) is 3.98. The minimum absolute atomic E-state index is 0.105. The minimum atomic E-state index is -0.105. The predicted octanol–water partition coefficient (Wildman–Crippen LogP) is 5.27. The van der Waals surface area contributed by atoms with Crippen molar-refractivity contribution in [3.8, 4) is 0 Å². The molecule has 136 valence electrons. The molecule has 0 unspecified atom stereocenters. The minimum Gasteiger partial charge on any atom is -0.279 e. The number of hydrogen-bond donors (Lipinski definition) is 0. The molecule has 0 aliphatic heterocycles. The second-order valence-corrected chi connectivity index (χ2v) is 8.66. The number of aryl methyl sites for hydroxylation is 2. The van der Waals surface area contributed by atoms with Crippen LogP contribution in [0, 0.1) is 13.8 Å². The van der Waals surface area contributed by atoms with Gasteiger partial charge in [0.2, 0.25) is 0 Å². The van der Waals surface area contributed by atoms with Crippen molar-refractivity contribution in [2.75, 3.05) is 4.90 Å². The Balaban J connectivity index is 1.79. The first-order valence-corrected chi connectivity index (χ1v) is 10.2. The van der Waals surface area contributed by atoms with E-state index in [2.05, 4.69) is 15.0 Å². The zero-order chi connectivity index (χ0) is 19.0. The maximum atomic E-state index is 13.3. The molecule has 0 aliphatic rings. The van der Waals surface area contributed by atoms with E-state index in [0.29, 0.717) is 21.6 Å². The average Bonchev–Trinajstić information content (AvgIpc) is 3.22. The summed E-state index contributed by atoms with van der Waals surface area (Å²) in [6, 6.07) is 9.34. The molecule has 4 aromatic rings. The number of nitrogens with zero attached hydrogens (tertiary/aromatic N) is 4. The molecule has 0 saturated carbocycles. The molecule has 0 radical (unpaired) electrons. The van der Waals surface area contributed by atoms with E-state index in [1.165, 1.54) is 22.7 Å². The highest BCUT2D eigenvalue weighted by atomic mass is 35.5. The van der Waals surface area contributed by atoms with Gasteiger partial charge in [0, 0.05) is 17.4 Å². The van der Waals surface area contributed by atoms with Crippen LogP contribution in [0.3, 0.4) is 0 Å². The summed E-state index contributed by atoms with van der Waals surface area (Å²) in [7, 11) is 0. The number of thiazole rings is 2. The maximum absolute atomic E-state index is 13.3. The lowest BCUT2D eigenvalue weighted by Gasteiger charge is -2.19. The van der Waals surface area contributed by atoms with Crippen LogP contribution >= 0.6 is 34.3 Å². The number of aromatic nitrogens is 3. The average molecular weight is 415 g/mol. The Morgan fingerprint density at radius 3 is 2.74 bits per heavy atom.